The van der Waals surface area contributed by atoms with Crippen LogP contribution < -0.4 is 14.8 Å². The van der Waals surface area contributed by atoms with E-state index >= 15 is 0 Å². The van der Waals surface area contributed by atoms with Crippen molar-refractivity contribution in [2.24, 2.45) is 5.92 Å². The minimum atomic E-state index is -0.760. The largest absolute Gasteiger partial charge is 0.496 e. The molecule has 0 radical (unpaired) electrons. The third-order valence-electron chi connectivity index (χ3n) is 4.75. The number of rotatable bonds is 3. The molecule has 0 bridgehead atoms. The van der Waals surface area contributed by atoms with Crippen LogP contribution in [0.25, 0.3) is 0 Å². The van der Waals surface area contributed by atoms with E-state index < -0.39 is 6.10 Å². The number of carbonyl (C=O) groups excluding carboxylic acids is 1. The van der Waals surface area contributed by atoms with Gasteiger partial charge in [-0.1, -0.05) is 0 Å². The zero-order valence-electron chi connectivity index (χ0n) is 14.1. The van der Waals surface area contributed by atoms with Gasteiger partial charge in [0.1, 0.15) is 17.6 Å². The van der Waals surface area contributed by atoms with E-state index in [1.165, 1.54) is 0 Å². The van der Waals surface area contributed by atoms with Crippen LogP contribution in [-0.4, -0.2) is 49.8 Å². The number of halogens is 1. The second-order valence-electron chi connectivity index (χ2n) is 6.14. The van der Waals surface area contributed by atoms with Gasteiger partial charge >= 0.3 is 0 Å². The molecule has 0 saturated carbocycles. The van der Waals surface area contributed by atoms with E-state index in [-0.39, 0.29) is 24.2 Å². The monoisotopic (exact) mass is 356 g/mol. The van der Waals surface area contributed by atoms with Crippen molar-refractivity contribution in [2.75, 3.05) is 33.9 Å². The molecular formula is C17H25ClN2O4. The van der Waals surface area contributed by atoms with Gasteiger partial charge in [0.05, 0.1) is 26.7 Å². The number of amides is 1. The Hall–Kier alpha value is -1.50. The molecule has 0 aromatic heterocycles. The predicted octanol–water partition coefficient (Wildman–Crippen LogP) is 1.50. The van der Waals surface area contributed by atoms with E-state index in [0.29, 0.717) is 31.1 Å². The average molecular weight is 357 g/mol. The number of β-amino-alcohol motifs (C(OH)–C–C–N with tert-alkyl or cyclic N) is 1. The number of methoxy groups -OCH3 is 2. The molecule has 2 N–H and O–H groups in total. The van der Waals surface area contributed by atoms with Crippen LogP contribution in [0.2, 0.25) is 0 Å². The number of aliphatic hydroxyl groups is 1. The molecular weight excluding hydrogens is 332 g/mol. The Bertz CT molecular complexity index is 590. The number of piperidine rings is 1. The summed E-state index contributed by atoms with van der Waals surface area (Å²) in [6, 6.07) is 3.62. The molecule has 1 aromatic rings. The van der Waals surface area contributed by atoms with Crippen molar-refractivity contribution in [1.82, 2.24) is 10.2 Å². The second-order valence-corrected chi connectivity index (χ2v) is 6.14. The first-order valence-electron chi connectivity index (χ1n) is 8.07. The van der Waals surface area contributed by atoms with Crippen molar-refractivity contribution in [1.29, 1.82) is 0 Å². The van der Waals surface area contributed by atoms with Gasteiger partial charge in [-0.2, -0.15) is 0 Å². The number of ether oxygens (including phenoxy) is 2. The van der Waals surface area contributed by atoms with Crippen molar-refractivity contribution in [2.45, 2.75) is 25.5 Å². The molecule has 3 rings (SSSR count). The van der Waals surface area contributed by atoms with Gasteiger partial charge in [-0.25, -0.2) is 0 Å². The van der Waals surface area contributed by atoms with Crippen LogP contribution in [0.1, 0.15) is 30.1 Å². The first-order chi connectivity index (χ1) is 11.2. The minimum absolute atomic E-state index is 0. The fraction of sp³-hybridized carbons (Fsp3) is 0.588. The molecule has 7 heteroatoms. The maximum atomic E-state index is 12.8. The highest BCUT2D eigenvalue weighted by molar-refractivity contribution is 5.85. The van der Waals surface area contributed by atoms with Crippen LogP contribution in [0.3, 0.4) is 0 Å². The van der Waals surface area contributed by atoms with E-state index in [1.807, 2.05) is 6.07 Å². The highest BCUT2D eigenvalue weighted by atomic mass is 35.5. The van der Waals surface area contributed by atoms with Crippen LogP contribution in [0, 0.1) is 5.92 Å². The molecule has 1 fully saturated rings. The third kappa shape index (κ3) is 3.45. The maximum Gasteiger partial charge on any atom is 0.227 e. The number of nitrogens with zero attached hydrogens (tertiary/aromatic N) is 1. The van der Waals surface area contributed by atoms with Crippen molar-refractivity contribution in [3.05, 3.63) is 23.3 Å². The van der Waals surface area contributed by atoms with Crippen molar-refractivity contribution < 1.29 is 19.4 Å². The first kappa shape index (κ1) is 18.8. The lowest BCUT2D eigenvalue weighted by molar-refractivity contribution is -0.139. The van der Waals surface area contributed by atoms with Gasteiger partial charge < -0.3 is 24.8 Å². The molecule has 2 heterocycles. The molecule has 2 atom stereocenters. The van der Waals surface area contributed by atoms with E-state index in [2.05, 4.69) is 5.32 Å². The Morgan fingerprint density at radius 3 is 2.62 bits per heavy atom. The molecule has 6 nitrogen and oxygen atoms in total. The van der Waals surface area contributed by atoms with Crippen LogP contribution >= 0.6 is 12.4 Å². The molecule has 0 aliphatic carbocycles. The number of benzene rings is 1. The van der Waals surface area contributed by atoms with Crippen LogP contribution in [0.5, 0.6) is 11.5 Å². The molecule has 134 valence electrons. The normalized spacial score (nSPS) is 23.0. The Morgan fingerprint density at radius 2 is 2.00 bits per heavy atom. The molecule has 0 spiro atoms. The molecule has 2 aliphatic heterocycles. The number of aliphatic hydroxyl groups excluding tert-OH is 1. The van der Waals surface area contributed by atoms with Crippen molar-refractivity contribution in [3.63, 3.8) is 0 Å². The quantitative estimate of drug-likeness (QED) is 0.858. The predicted molar refractivity (Wildman–Crippen MR) is 92.8 cm³/mol. The van der Waals surface area contributed by atoms with Gasteiger partial charge in [-0.3, -0.25) is 4.79 Å². The summed E-state index contributed by atoms with van der Waals surface area (Å²) < 4.78 is 10.8. The van der Waals surface area contributed by atoms with Crippen LogP contribution in [-0.2, 0) is 11.3 Å². The molecule has 2 unspecified atom stereocenters. The summed E-state index contributed by atoms with van der Waals surface area (Å²) >= 11 is 0. The van der Waals surface area contributed by atoms with Crippen LogP contribution in [0.15, 0.2) is 12.1 Å². The SMILES string of the molecule is COc1ccc(OC)c2c1CN(C(=O)C1CCCNC1)CC2O.Cl. The average Bonchev–Trinajstić information content (AvgIpc) is 2.60. The van der Waals surface area contributed by atoms with Gasteiger partial charge in [0.2, 0.25) is 5.91 Å². The lowest BCUT2D eigenvalue weighted by Gasteiger charge is -2.36. The lowest BCUT2D eigenvalue weighted by Crippen LogP contribution is -2.46. The van der Waals surface area contributed by atoms with Gasteiger partial charge in [0.15, 0.2) is 0 Å². The number of hydrogen-bond donors (Lipinski definition) is 2. The number of carbonyl (C=O) groups is 1. The second kappa shape index (κ2) is 8.05. The van der Waals surface area contributed by atoms with E-state index in [9.17, 15) is 9.90 Å². The topological polar surface area (TPSA) is 71.0 Å². The molecule has 2 aliphatic rings. The molecule has 1 aromatic carbocycles. The van der Waals surface area contributed by atoms with Crippen LogP contribution in [0.4, 0.5) is 0 Å². The Kier molecular flexibility index (Phi) is 6.32. The fourth-order valence-corrected chi connectivity index (χ4v) is 3.56. The maximum absolute atomic E-state index is 12.8. The summed E-state index contributed by atoms with van der Waals surface area (Å²) in [6.45, 7) is 2.43. The molecule has 1 saturated heterocycles. The minimum Gasteiger partial charge on any atom is -0.496 e. The third-order valence-corrected chi connectivity index (χ3v) is 4.75. The summed E-state index contributed by atoms with van der Waals surface area (Å²) in [4.78, 5) is 14.5. The van der Waals surface area contributed by atoms with E-state index in [0.717, 1.165) is 30.5 Å². The van der Waals surface area contributed by atoms with Gasteiger partial charge in [0.25, 0.3) is 0 Å². The Morgan fingerprint density at radius 1 is 1.29 bits per heavy atom. The van der Waals surface area contributed by atoms with E-state index in [1.54, 1.807) is 25.2 Å². The van der Waals surface area contributed by atoms with Gasteiger partial charge in [-0.15, -0.1) is 12.4 Å². The fourth-order valence-electron chi connectivity index (χ4n) is 3.56. The summed E-state index contributed by atoms with van der Waals surface area (Å²) in [5.74, 6) is 1.42. The van der Waals surface area contributed by atoms with Gasteiger partial charge in [0, 0.05) is 24.2 Å². The zero-order chi connectivity index (χ0) is 16.4. The van der Waals surface area contributed by atoms with Gasteiger partial charge in [-0.05, 0) is 31.5 Å². The number of nitrogens with one attached hydrogen (secondary N) is 1. The van der Waals surface area contributed by atoms with Crippen molar-refractivity contribution in [3.8, 4) is 11.5 Å². The Balaban J connectivity index is 0.00000208. The molecule has 24 heavy (non-hydrogen) atoms. The van der Waals surface area contributed by atoms with E-state index in [4.69, 9.17) is 9.47 Å². The number of hydrogen-bond acceptors (Lipinski definition) is 5. The summed E-state index contributed by atoms with van der Waals surface area (Å²) in [5, 5.41) is 13.8. The smallest absolute Gasteiger partial charge is 0.227 e. The summed E-state index contributed by atoms with van der Waals surface area (Å²) in [6.07, 6.45) is 1.16. The Labute approximate surface area is 148 Å². The zero-order valence-corrected chi connectivity index (χ0v) is 14.9. The standard InChI is InChI=1S/C17H24N2O4.ClH/c1-22-14-5-6-15(23-2)16-12(14)9-19(10-13(16)20)17(21)11-4-3-7-18-8-11;/h5-6,11,13,18,20H,3-4,7-10H2,1-2H3;1H. The first-order valence-corrected chi connectivity index (χ1v) is 8.07. The highest BCUT2D eigenvalue weighted by Crippen LogP contribution is 2.39. The number of fused-ring (bicyclic) bond motifs is 1. The summed E-state index contributed by atoms with van der Waals surface area (Å²) in [5.41, 5.74) is 1.57. The van der Waals surface area contributed by atoms with Crippen molar-refractivity contribution >= 4 is 18.3 Å². The highest BCUT2D eigenvalue weighted by Gasteiger charge is 2.34. The lowest BCUT2D eigenvalue weighted by atomic mass is 9.92. The summed E-state index contributed by atoms with van der Waals surface area (Å²) in [7, 11) is 3.18. The molecule has 1 amide bonds.